The largest absolute Gasteiger partial charge is 0.550 e. The van der Waals surface area contributed by atoms with Crippen LogP contribution in [0.2, 0.25) is 0 Å². The molecule has 0 bridgehead atoms. The lowest BCUT2D eigenvalue weighted by Crippen LogP contribution is -2.22. The standard InChI is InChI=1S/C11H12N2O2S/c14-10(15)6-3-7-12-11-13-8-4-1-2-5-9(8)16-11/h1-2,4-5H,3,6-7H2,(H,12,13)(H,14,15)/p-1. The smallest absolute Gasteiger partial charge is 0.183 e. The summed E-state index contributed by atoms with van der Waals surface area (Å²) < 4.78 is 1.13. The lowest BCUT2D eigenvalue weighted by molar-refractivity contribution is -0.305. The highest BCUT2D eigenvalue weighted by molar-refractivity contribution is 7.22. The summed E-state index contributed by atoms with van der Waals surface area (Å²) in [4.78, 5) is 14.6. The molecule has 1 aromatic heterocycles. The Balaban J connectivity index is 1.92. The molecular weight excluding hydrogens is 224 g/mol. The number of rotatable bonds is 5. The molecule has 0 aliphatic carbocycles. The van der Waals surface area contributed by atoms with Crippen molar-refractivity contribution in [3.05, 3.63) is 24.3 Å². The van der Waals surface area contributed by atoms with Crippen LogP contribution in [-0.2, 0) is 4.79 Å². The molecule has 0 fully saturated rings. The predicted octanol–water partition coefficient (Wildman–Crippen LogP) is 1.24. The summed E-state index contributed by atoms with van der Waals surface area (Å²) in [6, 6.07) is 7.89. The number of carboxylic acid groups (broad SMARTS) is 1. The van der Waals surface area contributed by atoms with Crippen molar-refractivity contribution in [3.8, 4) is 0 Å². The van der Waals surface area contributed by atoms with Gasteiger partial charge in [0.25, 0.3) is 0 Å². The Morgan fingerprint density at radius 2 is 2.25 bits per heavy atom. The van der Waals surface area contributed by atoms with Gasteiger partial charge in [-0.25, -0.2) is 4.98 Å². The van der Waals surface area contributed by atoms with Crippen LogP contribution in [0.15, 0.2) is 24.3 Å². The Hall–Kier alpha value is -1.62. The minimum Gasteiger partial charge on any atom is -0.550 e. The molecule has 1 aromatic carbocycles. The fourth-order valence-corrected chi connectivity index (χ4v) is 2.27. The average Bonchev–Trinajstić information content (AvgIpc) is 2.66. The van der Waals surface area contributed by atoms with Crippen LogP contribution in [0.1, 0.15) is 12.8 Å². The molecule has 1 heterocycles. The van der Waals surface area contributed by atoms with E-state index in [9.17, 15) is 9.90 Å². The number of anilines is 1. The number of carboxylic acids is 1. The van der Waals surface area contributed by atoms with Crippen molar-refractivity contribution in [2.45, 2.75) is 12.8 Å². The molecule has 0 spiro atoms. The third kappa shape index (κ3) is 2.70. The van der Waals surface area contributed by atoms with Gasteiger partial charge >= 0.3 is 0 Å². The van der Waals surface area contributed by atoms with Crippen molar-refractivity contribution in [2.75, 3.05) is 11.9 Å². The number of para-hydroxylation sites is 1. The lowest BCUT2D eigenvalue weighted by Gasteiger charge is -2.02. The van der Waals surface area contributed by atoms with Gasteiger partial charge < -0.3 is 15.2 Å². The number of nitrogens with one attached hydrogen (secondary N) is 1. The van der Waals surface area contributed by atoms with E-state index in [2.05, 4.69) is 10.3 Å². The first kappa shape index (κ1) is 10.9. The molecule has 0 saturated carbocycles. The highest BCUT2D eigenvalue weighted by Crippen LogP contribution is 2.25. The molecule has 0 aliphatic rings. The molecule has 2 rings (SSSR count). The van der Waals surface area contributed by atoms with Crippen molar-refractivity contribution in [3.63, 3.8) is 0 Å². The Kier molecular flexibility index (Phi) is 3.36. The first-order chi connectivity index (χ1) is 7.75. The molecule has 0 saturated heterocycles. The van der Waals surface area contributed by atoms with Crippen molar-refractivity contribution < 1.29 is 9.90 Å². The second-order valence-electron chi connectivity index (χ2n) is 3.39. The minimum absolute atomic E-state index is 0.0812. The van der Waals surface area contributed by atoms with Gasteiger partial charge in [0, 0.05) is 12.5 Å². The van der Waals surface area contributed by atoms with Crippen LogP contribution in [-0.4, -0.2) is 17.5 Å². The third-order valence-corrected chi connectivity index (χ3v) is 3.12. The lowest BCUT2D eigenvalue weighted by atomic mass is 10.3. The van der Waals surface area contributed by atoms with Gasteiger partial charge in [0.1, 0.15) is 0 Å². The molecule has 0 aliphatic heterocycles. The number of benzene rings is 1. The van der Waals surface area contributed by atoms with Gasteiger partial charge in [-0.1, -0.05) is 23.5 Å². The summed E-state index contributed by atoms with van der Waals surface area (Å²) in [5.74, 6) is -1.01. The number of carbonyl (C=O) groups is 1. The Morgan fingerprint density at radius 3 is 3.00 bits per heavy atom. The monoisotopic (exact) mass is 235 g/mol. The van der Waals surface area contributed by atoms with Crippen molar-refractivity contribution in [1.29, 1.82) is 0 Å². The van der Waals surface area contributed by atoms with E-state index in [1.165, 1.54) is 0 Å². The summed E-state index contributed by atoms with van der Waals surface area (Å²) in [5, 5.41) is 14.1. The highest BCUT2D eigenvalue weighted by atomic mass is 32.1. The van der Waals surface area contributed by atoms with Gasteiger partial charge in [-0.15, -0.1) is 0 Å². The van der Waals surface area contributed by atoms with E-state index in [4.69, 9.17) is 0 Å². The number of carbonyl (C=O) groups excluding carboxylic acids is 1. The second-order valence-corrected chi connectivity index (χ2v) is 4.42. The molecule has 4 nitrogen and oxygen atoms in total. The van der Waals surface area contributed by atoms with E-state index < -0.39 is 5.97 Å². The molecule has 0 unspecified atom stereocenters. The van der Waals surface area contributed by atoms with Gasteiger partial charge in [-0.05, 0) is 25.0 Å². The first-order valence-corrected chi connectivity index (χ1v) is 5.86. The molecule has 16 heavy (non-hydrogen) atoms. The maximum absolute atomic E-state index is 10.2. The first-order valence-electron chi connectivity index (χ1n) is 5.05. The van der Waals surface area contributed by atoms with E-state index in [0.29, 0.717) is 13.0 Å². The van der Waals surface area contributed by atoms with Gasteiger partial charge in [-0.3, -0.25) is 0 Å². The topological polar surface area (TPSA) is 65.0 Å². The highest BCUT2D eigenvalue weighted by Gasteiger charge is 2.01. The normalized spacial score (nSPS) is 10.5. The summed E-state index contributed by atoms with van der Waals surface area (Å²) in [7, 11) is 0. The Labute approximate surface area is 96.9 Å². The van der Waals surface area contributed by atoms with Gasteiger partial charge in [0.2, 0.25) is 0 Å². The number of nitrogens with zero attached hydrogens (tertiary/aromatic N) is 1. The van der Waals surface area contributed by atoms with Gasteiger partial charge in [0.05, 0.1) is 10.2 Å². The number of aliphatic carboxylic acids is 1. The van der Waals surface area contributed by atoms with E-state index in [1.807, 2.05) is 24.3 Å². The number of aromatic nitrogens is 1. The van der Waals surface area contributed by atoms with Crippen LogP contribution in [0.25, 0.3) is 10.2 Å². The van der Waals surface area contributed by atoms with E-state index in [1.54, 1.807) is 11.3 Å². The minimum atomic E-state index is -1.01. The number of hydrogen-bond acceptors (Lipinski definition) is 5. The third-order valence-electron chi connectivity index (χ3n) is 2.13. The SMILES string of the molecule is O=C([O-])CCCNc1nc2ccccc2s1. The fourth-order valence-electron chi connectivity index (χ4n) is 1.38. The Morgan fingerprint density at radius 1 is 1.44 bits per heavy atom. The molecule has 84 valence electrons. The molecule has 2 aromatic rings. The van der Waals surface area contributed by atoms with E-state index in [-0.39, 0.29) is 6.42 Å². The Bertz CT molecular complexity index is 462. The fraction of sp³-hybridized carbons (Fsp3) is 0.273. The van der Waals surface area contributed by atoms with Crippen LogP contribution in [0.3, 0.4) is 0 Å². The van der Waals surface area contributed by atoms with E-state index >= 15 is 0 Å². The predicted molar refractivity (Wildman–Crippen MR) is 62.4 cm³/mol. The van der Waals surface area contributed by atoms with Crippen LogP contribution in [0.4, 0.5) is 5.13 Å². The zero-order valence-electron chi connectivity index (χ0n) is 8.60. The molecular formula is C11H11N2O2S-. The van der Waals surface area contributed by atoms with Crippen LogP contribution in [0.5, 0.6) is 0 Å². The summed E-state index contributed by atoms with van der Waals surface area (Å²) in [6.45, 7) is 0.605. The van der Waals surface area contributed by atoms with E-state index in [0.717, 1.165) is 15.3 Å². The van der Waals surface area contributed by atoms with Crippen LogP contribution >= 0.6 is 11.3 Å². The van der Waals surface area contributed by atoms with Gasteiger partial charge in [0.15, 0.2) is 5.13 Å². The summed E-state index contributed by atoms with van der Waals surface area (Å²) in [6.07, 6.45) is 0.635. The average molecular weight is 235 g/mol. The maximum atomic E-state index is 10.2. The number of thiazole rings is 1. The maximum Gasteiger partial charge on any atom is 0.183 e. The summed E-state index contributed by atoms with van der Waals surface area (Å²) in [5.41, 5.74) is 0.968. The number of fused-ring (bicyclic) bond motifs is 1. The molecule has 0 atom stereocenters. The molecule has 5 heteroatoms. The summed E-state index contributed by atoms with van der Waals surface area (Å²) >= 11 is 1.57. The van der Waals surface area contributed by atoms with Crippen molar-refractivity contribution in [2.24, 2.45) is 0 Å². The molecule has 0 radical (unpaired) electrons. The quantitative estimate of drug-likeness (QED) is 0.792. The zero-order chi connectivity index (χ0) is 11.4. The van der Waals surface area contributed by atoms with Gasteiger partial charge in [-0.2, -0.15) is 0 Å². The zero-order valence-corrected chi connectivity index (χ0v) is 9.42. The second kappa shape index (κ2) is 4.94. The number of hydrogen-bond donors (Lipinski definition) is 1. The van der Waals surface area contributed by atoms with Crippen molar-refractivity contribution in [1.82, 2.24) is 4.98 Å². The van der Waals surface area contributed by atoms with Crippen LogP contribution in [0, 0.1) is 0 Å². The molecule has 0 amide bonds. The van der Waals surface area contributed by atoms with Crippen molar-refractivity contribution >= 4 is 32.7 Å². The molecule has 1 N–H and O–H groups in total. The van der Waals surface area contributed by atoms with Crippen LogP contribution < -0.4 is 10.4 Å².